The maximum Gasteiger partial charge on any atom is 0.266 e. The monoisotopic (exact) mass is 413 g/mol. The number of amides is 3. The first-order valence-corrected chi connectivity index (χ1v) is 10.1. The third-order valence-electron chi connectivity index (χ3n) is 7.11. The van der Waals surface area contributed by atoms with Crippen molar-refractivity contribution >= 4 is 23.4 Å². The number of rotatable bonds is 6. The van der Waals surface area contributed by atoms with Crippen LogP contribution in [0.25, 0.3) is 0 Å². The predicted octanol–water partition coefficient (Wildman–Crippen LogP) is 0.354. The normalized spacial score (nSPS) is 33.3. The fourth-order valence-corrected chi connectivity index (χ4v) is 5.89. The molecular weight excluding hydrogens is 390 g/mol. The van der Waals surface area contributed by atoms with Gasteiger partial charge in [0.05, 0.1) is 32.0 Å². The molecule has 6 atom stereocenters. The molecule has 2 saturated carbocycles. The summed E-state index contributed by atoms with van der Waals surface area (Å²) in [6.45, 7) is 0.298. The highest BCUT2D eigenvalue weighted by atomic mass is 16.6. The van der Waals surface area contributed by atoms with Crippen LogP contribution in [-0.2, 0) is 25.6 Å². The van der Waals surface area contributed by atoms with Crippen LogP contribution in [0.5, 0.6) is 11.5 Å². The van der Waals surface area contributed by atoms with Crippen LogP contribution in [0.15, 0.2) is 23.4 Å². The molecule has 2 aliphatic carbocycles. The van der Waals surface area contributed by atoms with Gasteiger partial charge in [-0.25, -0.2) is 0 Å². The number of carbonyl (C=O) groups is 3. The summed E-state index contributed by atoms with van der Waals surface area (Å²) in [7, 11) is 3.13. The van der Waals surface area contributed by atoms with Crippen molar-refractivity contribution in [2.75, 3.05) is 20.8 Å². The Balaban J connectivity index is 1.33. The highest BCUT2D eigenvalue weighted by Crippen LogP contribution is 2.61. The molecule has 0 spiro atoms. The van der Waals surface area contributed by atoms with Gasteiger partial charge in [-0.05, 0) is 36.5 Å². The summed E-state index contributed by atoms with van der Waals surface area (Å²) in [5.74, 6) is -1.01. The van der Waals surface area contributed by atoms with Crippen molar-refractivity contribution in [1.29, 1.82) is 0 Å². The number of hydrogen-bond acceptors (Lipinski definition) is 7. The summed E-state index contributed by atoms with van der Waals surface area (Å²) in [4.78, 5) is 44.8. The van der Waals surface area contributed by atoms with Gasteiger partial charge in [0.15, 0.2) is 17.2 Å². The molecule has 4 aliphatic rings. The third kappa shape index (κ3) is 2.47. The Morgan fingerprint density at radius 3 is 2.50 bits per heavy atom. The summed E-state index contributed by atoms with van der Waals surface area (Å²) in [5.41, 5.74) is 6.58. The quantitative estimate of drug-likeness (QED) is 0.672. The van der Waals surface area contributed by atoms with Gasteiger partial charge >= 0.3 is 0 Å². The minimum absolute atomic E-state index is 0.104. The van der Waals surface area contributed by atoms with Gasteiger partial charge < -0.3 is 20.0 Å². The Labute approximate surface area is 173 Å². The predicted molar refractivity (Wildman–Crippen MR) is 104 cm³/mol. The maximum absolute atomic E-state index is 13.2. The summed E-state index contributed by atoms with van der Waals surface area (Å²) in [6, 6.07) is 5.55. The van der Waals surface area contributed by atoms with Crippen LogP contribution in [0.3, 0.4) is 0 Å². The van der Waals surface area contributed by atoms with E-state index in [1.54, 1.807) is 20.3 Å². The fourth-order valence-electron chi connectivity index (χ4n) is 5.89. The zero-order valence-electron chi connectivity index (χ0n) is 16.7. The number of ether oxygens (including phenoxy) is 2. The minimum Gasteiger partial charge on any atom is -0.493 e. The molecule has 3 fully saturated rings. The van der Waals surface area contributed by atoms with E-state index in [2.05, 4.69) is 5.16 Å². The van der Waals surface area contributed by atoms with E-state index >= 15 is 0 Å². The van der Waals surface area contributed by atoms with E-state index in [0.717, 1.165) is 5.56 Å². The second kappa shape index (κ2) is 6.72. The van der Waals surface area contributed by atoms with E-state index in [4.69, 9.17) is 20.0 Å². The smallest absolute Gasteiger partial charge is 0.266 e. The molecule has 30 heavy (non-hydrogen) atoms. The lowest BCUT2D eigenvalue weighted by molar-refractivity contribution is -0.141. The number of fused-ring (bicyclic) bond motifs is 8. The number of oxime groups is 1. The van der Waals surface area contributed by atoms with Crippen molar-refractivity contribution in [2.45, 2.75) is 18.9 Å². The molecule has 9 heteroatoms. The van der Waals surface area contributed by atoms with Crippen LogP contribution in [-0.4, -0.2) is 55.2 Å². The molecule has 0 aromatic heterocycles. The van der Waals surface area contributed by atoms with Crippen molar-refractivity contribution in [1.82, 2.24) is 4.90 Å². The van der Waals surface area contributed by atoms with Crippen molar-refractivity contribution in [3.05, 3.63) is 23.8 Å². The Bertz CT molecular complexity index is 975. The van der Waals surface area contributed by atoms with Crippen LogP contribution in [0.4, 0.5) is 0 Å². The van der Waals surface area contributed by atoms with Gasteiger partial charge in [-0.15, -0.1) is 0 Å². The third-order valence-corrected chi connectivity index (χ3v) is 7.11. The van der Waals surface area contributed by atoms with Crippen molar-refractivity contribution in [3.63, 3.8) is 0 Å². The average Bonchev–Trinajstić information content (AvgIpc) is 3.47. The largest absolute Gasteiger partial charge is 0.493 e. The molecular formula is C21H23N3O6. The molecule has 1 aromatic rings. The number of methoxy groups -OCH3 is 2. The van der Waals surface area contributed by atoms with Gasteiger partial charge in [-0.3, -0.25) is 19.3 Å². The number of hydrogen-bond donors (Lipinski definition) is 1. The Morgan fingerprint density at radius 1 is 1.13 bits per heavy atom. The van der Waals surface area contributed by atoms with Gasteiger partial charge in [0, 0.05) is 12.5 Å². The van der Waals surface area contributed by atoms with Crippen molar-refractivity contribution in [3.8, 4) is 11.5 Å². The zero-order valence-corrected chi connectivity index (χ0v) is 16.7. The van der Waals surface area contributed by atoms with Crippen LogP contribution in [0.1, 0.15) is 12.0 Å². The number of benzene rings is 1. The molecule has 0 unspecified atom stereocenters. The van der Waals surface area contributed by atoms with Crippen molar-refractivity contribution in [2.24, 2.45) is 40.5 Å². The molecule has 0 radical (unpaired) electrons. The molecule has 2 bridgehead atoms. The first-order chi connectivity index (χ1) is 14.5. The minimum atomic E-state index is -0.617. The van der Waals surface area contributed by atoms with E-state index in [9.17, 15) is 14.4 Å². The lowest BCUT2D eigenvalue weighted by Crippen LogP contribution is -2.43. The van der Waals surface area contributed by atoms with Gasteiger partial charge in [-0.2, -0.15) is 0 Å². The lowest BCUT2D eigenvalue weighted by atomic mass is 9.72. The summed E-state index contributed by atoms with van der Waals surface area (Å²) in [5, 5.41) is 3.85. The van der Waals surface area contributed by atoms with Crippen LogP contribution in [0.2, 0.25) is 0 Å². The number of nitrogens with two attached hydrogens (primary N) is 1. The molecule has 2 heterocycles. The Hall–Kier alpha value is -3.10. The molecule has 2 aliphatic heterocycles. The van der Waals surface area contributed by atoms with Crippen LogP contribution >= 0.6 is 0 Å². The molecule has 158 valence electrons. The van der Waals surface area contributed by atoms with E-state index in [1.165, 1.54) is 4.90 Å². The molecule has 1 aromatic carbocycles. The van der Waals surface area contributed by atoms with Gasteiger partial charge in [-0.1, -0.05) is 11.2 Å². The van der Waals surface area contributed by atoms with Gasteiger partial charge in [0.2, 0.25) is 11.8 Å². The number of nitrogens with zero attached hydrogens (tertiary/aromatic N) is 2. The SMILES string of the molecule is COc1ccc(CCN2C(=O)[C@H]3[C@@H]4C[C@@H]([C@H]5ON=C(C(N)=O)[C@H]45)[C@@H]3C2=O)cc1OC. The van der Waals surface area contributed by atoms with E-state index in [0.29, 0.717) is 30.9 Å². The number of imide groups is 1. The molecule has 2 N–H and O–H groups in total. The second-order valence-electron chi connectivity index (χ2n) is 8.32. The summed E-state index contributed by atoms with van der Waals surface area (Å²) >= 11 is 0. The second-order valence-corrected chi connectivity index (χ2v) is 8.32. The van der Waals surface area contributed by atoms with Crippen LogP contribution < -0.4 is 15.2 Å². The van der Waals surface area contributed by atoms with Crippen molar-refractivity contribution < 1.29 is 28.7 Å². The molecule has 1 saturated heterocycles. The topological polar surface area (TPSA) is 121 Å². The standard InChI is InChI=1S/C21H23N3O6/c1-28-12-4-3-9(7-13(12)29-2)5-6-24-20(26)14-10-8-11(15(14)21(24)27)18-16(10)17(19(22)25)23-30-18/h3-4,7,10-11,14-16,18H,5-6,8H2,1-2H3,(H2,22,25)/t10-,11+,14-,15-,16-,18+/m0/s1. The fraction of sp³-hybridized carbons (Fsp3) is 0.524. The van der Waals surface area contributed by atoms with Gasteiger partial charge in [0.1, 0.15) is 6.10 Å². The van der Waals surface area contributed by atoms with E-state index in [-0.39, 0.29) is 41.4 Å². The van der Waals surface area contributed by atoms with Gasteiger partial charge in [0.25, 0.3) is 5.91 Å². The maximum atomic E-state index is 13.2. The molecule has 5 rings (SSSR count). The zero-order chi connectivity index (χ0) is 21.2. The van der Waals surface area contributed by atoms with E-state index in [1.807, 2.05) is 12.1 Å². The molecule has 3 amide bonds. The highest BCUT2D eigenvalue weighted by Gasteiger charge is 2.70. The highest BCUT2D eigenvalue weighted by molar-refractivity contribution is 6.39. The van der Waals surface area contributed by atoms with Crippen LogP contribution in [0, 0.1) is 29.6 Å². The Kier molecular flexibility index (Phi) is 4.23. The first-order valence-electron chi connectivity index (χ1n) is 10.1. The average molecular weight is 413 g/mol. The number of primary amides is 1. The lowest BCUT2D eigenvalue weighted by Gasteiger charge is -2.29. The Morgan fingerprint density at radius 2 is 1.83 bits per heavy atom. The first kappa shape index (κ1) is 18.9. The number of likely N-dealkylation sites (tertiary alicyclic amines) is 1. The number of carbonyl (C=O) groups excluding carboxylic acids is 3. The summed E-state index contributed by atoms with van der Waals surface area (Å²) in [6.07, 6.45) is 0.878. The summed E-state index contributed by atoms with van der Waals surface area (Å²) < 4.78 is 10.6. The van der Waals surface area contributed by atoms with E-state index < -0.39 is 17.7 Å². The molecule has 9 nitrogen and oxygen atoms in total.